The Labute approximate surface area is 146 Å². The molecule has 0 bridgehead atoms. The van der Waals surface area contributed by atoms with E-state index in [1.54, 1.807) is 31.2 Å². The first-order valence-corrected chi connectivity index (χ1v) is 7.93. The van der Waals surface area contributed by atoms with Crippen molar-refractivity contribution in [3.63, 3.8) is 0 Å². The van der Waals surface area contributed by atoms with Crippen LogP contribution in [0.25, 0.3) is 0 Å². The van der Waals surface area contributed by atoms with E-state index in [-0.39, 0.29) is 24.8 Å². The molecule has 1 atom stereocenters. The fraction of sp³-hybridized carbons (Fsp3) is 0.412. The summed E-state index contributed by atoms with van der Waals surface area (Å²) in [6.45, 7) is 2.92. The van der Waals surface area contributed by atoms with Crippen molar-refractivity contribution in [2.45, 2.75) is 26.3 Å². The topological polar surface area (TPSA) is 114 Å². The van der Waals surface area contributed by atoms with Crippen LogP contribution in [0.3, 0.4) is 0 Å². The maximum atomic E-state index is 11.9. The summed E-state index contributed by atoms with van der Waals surface area (Å²) in [5.41, 5.74) is 0.760. The lowest BCUT2D eigenvalue weighted by Gasteiger charge is -2.17. The molecular weight excluding hydrogens is 326 g/mol. The minimum absolute atomic E-state index is 0.104. The van der Waals surface area contributed by atoms with Crippen LogP contribution in [0.5, 0.6) is 0 Å². The summed E-state index contributed by atoms with van der Waals surface area (Å²) in [6, 6.07) is 8.45. The van der Waals surface area contributed by atoms with Gasteiger partial charge in [-0.05, 0) is 12.5 Å². The van der Waals surface area contributed by atoms with Crippen LogP contribution in [-0.2, 0) is 23.9 Å². The molecule has 0 spiro atoms. The van der Waals surface area contributed by atoms with Crippen LogP contribution in [0.15, 0.2) is 30.3 Å². The number of nitrogens with one attached hydrogen (secondary N) is 3. The summed E-state index contributed by atoms with van der Waals surface area (Å²) in [7, 11) is 0. The Balaban J connectivity index is 2.45. The first kappa shape index (κ1) is 20.1. The highest BCUT2D eigenvalue weighted by Gasteiger charge is 2.18. The van der Waals surface area contributed by atoms with Crippen LogP contribution >= 0.6 is 0 Å². The van der Waals surface area contributed by atoms with Crippen LogP contribution in [0, 0.1) is 0 Å². The number of ether oxygens (including phenoxy) is 1. The highest BCUT2D eigenvalue weighted by Crippen LogP contribution is 2.17. The van der Waals surface area contributed by atoms with E-state index in [2.05, 4.69) is 16.0 Å². The molecular formula is C17H23N3O5. The predicted molar refractivity (Wildman–Crippen MR) is 90.3 cm³/mol. The van der Waals surface area contributed by atoms with Gasteiger partial charge in [-0.2, -0.15) is 0 Å². The summed E-state index contributed by atoms with van der Waals surface area (Å²) < 4.78 is 4.90. The number of carbonyl (C=O) groups excluding carboxylic acids is 4. The van der Waals surface area contributed by atoms with Gasteiger partial charge in [-0.3, -0.25) is 19.2 Å². The zero-order valence-corrected chi connectivity index (χ0v) is 14.3. The maximum absolute atomic E-state index is 11.9. The molecule has 0 radical (unpaired) electrons. The van der Waals surface area contributed by atoms with Gasteiger partial charge in [0.05, 0.1) is 19.0 Å². The largest absolute Gasteiger partial charge is 0.456 e. The van der Waals surface area contributed by atoms with Gasteiger partial charge in [-0.15, -0.1) is 0 Å². The van der Waals surface area contributed by atoms with E-state index in [1.807, 2.05) is 6.07 Å². The molecule has 0 unspecified atom stereocenters. The fourth-order valence-corrected chi connectivity index (χ4v) is 2.04. The number of carbonyl (C=O) groups is 4. The average Bonchev–Trinajstić information content (AvgIpc) is 2.58. The van der Waals surface area contributed by atoms with Crippen molar-refractivity contribution in [1.82, 2.24) is 16.0 Å². The van der Waals surface area contributed by atoms with E-state index in [0.29, 0.717) is 6.54 Å². The number of hydrogen-bond donors (Lipinski definition) is 3. The lowest BCUT2D eigenvalue weighted by molar-refractivity contribution is -0.149. The molecule has 0 aliphatic rings. The van der Waals surface area contributed by atoms with Gasteiger partial charge >= 0.3 is 5.97 Å². The lowest BCUT2D eigenvalue weighted by Crippen LogP contribution is -2.38. The van der Waals surface area contributed by atoms with Crippen molar-refractivity contribution in [3.8, 4) is 0 Å². The molecule has 0 saturated carbocycles. The Bertz CT molecular complexity index is 604. The van der Waals surface area contributed by atoms with E-state index in [4.69, 9.17) is 4.74 Å². The third-order valence-electron chi connectivity index (χ3n) is 3.13. The Kier molecular flexibility index (Phi) is 8.70. The Morgan fingerprint density at radius 1 is 1.04 bits per heavy atom. The Morgan fingerprint density at radius 2 is 1.72 bits per heavy atom. The molecule has 1 aromatic rings. The van der Waals surface area contributed by atoms with Crippen molar-refractivity contribution in [3.05, 3.63) is 35.9 Å². The van der Waals surface area contributed by atoms with E-state index in [0.717, 1.165) is 5.56 Å². The molecule has 0 saturated heterocycles. The average molecular weight is 349 g/mol. The molecule has 136 valence electrons. The first-order chi connectivity index (χ1) is 11.9. The van der Waals surface area contributed by atoms with Gasteiger partial charge in [-0.1, -0.05) is 30.3 Å². The highest BCUT2D eigenvalue weighted by molar-refractivity contribution is 5.86. The lowest BCUT2D eigenvalue weighted by atomic mass is 10.0. The van der Waals surface area contributed by atoms with Crippen molar-refractivity contribution < 1.29 is 23.9 Å². The SMILES string of the molecule is CCNC(=O)CNC(=O)COC(=O)C[C@@H](NC(C)=O)c1ccccc1. The van der Waals surface area contributed by atoms with Crippen molar-refractivity contribution in [2.75, 3.05) is 19.7 Å². The summed E-state index contributed by atoms with van der Waals surface area (Å²) in [5, 5.41) is 7.54. The van der Waals surface area contributed by atoms with Gasteiger partial charge in [0.2, 0.25) is 11.8 Å². The normalized spacial score (nSPS) is 11.1. The summed E-state index contributed by atoms with van der Waals surface area (Å²) in [4.78, 5) is 46.0. The monoisotopic (exact) mass is 349 g/mol. The smallest absolute Gasteiger partial charge is 0.308 e. The van der Waals surface area contributed by atoms with Crippen molar-refractivity contribution in [1.29, 1.82) is 0 Å². The number of rotatable bonds is 9. The van der Waals surface area contributed by atoms with Gasteiger partial charge in [-0.25, -0.2) is 0 Å². The third kappa shape index (κ3) is 8.50. The van der Waals surface area contributed by atoms with Gasteiger partial charge < -0.3 is 20.7 Å². The second-order valence-electron chi connectivity index (χ2n) is 5.26. The molecule has 1 rings (SSSR count). The molecule has 0 aliphatic heterocycles. The molecule has 3 amide bonds. The summed E-state index contributed by atoms with van der Waals surface area (Å²) in [5.74, 6) is -1.80. The third-order valence-corrected chi connectivity index (χ3v) is 3.13. The summed E-state index contributed by atoms with van der Waals surface area (Å²) >= 11 is 0. The molecule has 3 N–H and O–H groups in total. The number of benzene rings is 1. The number of amides is 3. The maximum Gasteiger partial charge on any atom is 0.308 e. The number of esters is 1. The van der Waals surface area contributed by atoms with E-state index < -0.39 is 24.5 Å². The van der Waals surface area contributed by atoms with E-state index in [9.17, 15) is 19.2 Å². The van der Waals surface area contributed by atoms with E-state index >= 15 is 0 Å². The van der Waals surface area contributed by atoms with Gasteiger partial charge in [0.15, 0.2) is 6.61 Å². The molecule has 0 fully saturated rings. The van der Waals surface area contributed by atoms with Crippen LogP contribution in [0.1, 0.15) is 31.9 Å². The minimum atomic E-state index is -0.629. The minimum Gasteiger partial charge on any atom is -0.456 e. The summed E-state index contributed by atoms with van der Waals surface area (Å²) in [6.07, 6.45) is -0.104. The van der Waals surface area contributed by atoms with Crippen LogP contribution < -0.4 is 16.0 Å². The van der Waals surface area contributed by atoms with Crippen LogP contribution in [0.2, 0.25) is 0 Å². The second kappa shape index (κ2) is 10.8. The molecule has 8 heteroatoms. The highest BCUT2D eigenvalue weighted by atomic mass is 16.5. The second-order valence-corrected chi connectivity index (χ2v) is 5.26. The quantitative estimate of drug-likeness (QED) is 0.545. The zero-order valence-electron chi connectivity index (χ0n) is 14.3. The van der Waals surface area contributed by atoms with Crippen molar-refractivity contribution in [2.24, 2.45) is 0 Å². The predicted octanol–water partition coefficient (Wildman–Crippen LogP) is 0.0494. The number of hydrogen-bond acceptors (Lipinski definition) is 5. The molecule has 0 aliphatic carbocycles. The molecule has 25 heavy (non-hydrogen) atoms. The Hall–Kier alpha value is -2.90. The molecule has 8 nitrogen and oxygen atoms in total. The molecule has 0 heterocycles. The van der Waals surface area contributed by atoms with Gasteiger partial charge in [0.1, 0.15) is 0 Å². The zero-order chi connectivity index (χ0) is 18.7. The standard InChI is InChI=1S/C17H23N3O5/c1-3-18-15(22)10-19-16(23)11-25-17(24)9-14(20-12(2)21)13-7-5-4-6-8-13/h4-8,14H,3,9-11H2,1-2H3,(H,18,22)(H,19,23)(H,20,21)/t14-/m1/s1. The van der Waals surface area contributed by atoms with E-state index in [1.165, 1.54) is 6.92 Å². The van der Waals surface area contributed by atoms with Gasteiger partial charge in [0.25, 0.3) is 5.91 Å². The fourth-order valence-electron chi connectivity index (χ4n) is 2.04. The first-order valence-electron chi connectivity index (χ1n) is 7.93. The molecule has 0 aromatic heterocycles. The van der Waals surface area contributed by atoms with Crippen LogP contribution in [0.4, 0.5) is 0 Å². The molecule has 1 aromatic carbocycles. The number of likely N-dealkylation sites (N-methyl/N-ethyl adjacent to an activating group) is 1. The van der Waals surface area contributed by atoms with Crippen molar-refractivity contribution >= 4 is 23.7 Å². The van der Waals surface area contributed by atoms with Crippen LogP contribution in [-0.4, -0.2) is 43.4 Å². The Morgan fingerprint density at radius 3 is 2.32 bits per heavy atom. The van der Waals surface area contributed by atoms with Gasteiger partial charge in [0, 0.05) is 13.5 Å².